The molecule has 3 nitrogen and oxygen atoms in total. The lowest BCUT2D eigenvalue weighted by Crippen LogP contribution is -2.38. The Balaban J connectivity index is 1.36. The average Bonchev–Trinajstić information content (AvgIpc) is 2.80. The van der Waals surface area contributed by atoms with Crippen LogP contribution in [0.2, 0.25) is 0 Å². The van der Waals surface area contributed by atoms with Crippen LogP contribution in [0.25, 0.3) is 11.1 Å². The predicted octanol–water partition coefficient (Wildman–Crippen LogP) is 7.59. The van der Waals surface area contributed by atoms with E-state index in [2.05, 4.69) is 11.7 Å². The zero-order valence-electron chi connectivity index (χ0n) is 19.0. The third kappa shape index (κ3) is 6.08. The van der Waals surface area contributed by atoms with Crippen LogP contribution in [0, 0.1) is 23.5 Å². The van der Waals surface area contributed by atoms with Crippen molar-refractivity contribution in [2.24, 2.45) is 11.8 Å². The Morgan fingerprint density at radius 1 is 0.912 bits per heavy atom. The fourth-order valence-electron chi connectivity index (χ4n) is 5.03. The van der Waals surface area contributed by atoms with E-state index < -0.39 is 23.7 Å². The molecule has 0 spiro atoms. The van der Waals surface area contributed by atoms with Crippen molar-refractivity contribution in [1.29, 1.82) is 0 Å². The highest BCUT2D eigenvalue weighted by Gasteiger charge is 2.34. The van der Waals surface area contributed by atoms with Gasteiger partial charge >= 0.3 is 6.36 Å². The number of halogens is 5. The molecule has 0 amide bonds. The van der Waals surface area contributed by atoms with Gasteiger partial charge < -0.3 is 14.2 Å². The number of hydrogen-bond acceptors (Lipinski definition) is 3. The third-order valence-corrected chi connectivity index (χ3v) is 6.78. The van der Waals surface area contributed by atoms with Gasteiger partial charge in [-0.2, -0.15) is 0 Å². The van der Waals surface area contributed by atoms with Crippen molar-refractivity contribution in [3.05, 3.63) is 53.6 Å². The van der Waals surface area contributed by atoms with Crippen molar-refractivity contribution in [3.63, 3.8) is 0 Å². The first kappa shape index (κ1) is 24.9. The average molecular weight is 485 g/mol. The molecule has 8 heteroatoms. The number of alkyl halides is 3. The van der Waals surface area contributed by atoms with Crippen LogP contribution in [0.15, 0.2) is 36.4 Å². The first-order chi connectivity index (χ1) is 16.2. The van der Waals surface area contributed by atoms with Gasteiger partial charge in [-0.1, -0.05) is 31.5 Å². The maximum absolute atomic E-state index is 14.9. The lowest BCUT2D eigenvalue weighted by atomic mass is 9.78. The van der Waals surface area contributed by atoms with Gasteiger partial charge in [-0.15, -0.1) is 13.2 Å². The minimum Gasteiger partial charge on any atom is -0.403 e. The van der Waals surface area contributed by atoms with E-state index in [1.807, 2.05) is 6.07 Å². The highest BCUT2D eigenvalue weighted by atomic mass is 19.4. The summed E-state index contributed by atoms with van der Waals surface area (Å²) in [6, 6.07) is 7.72. The second kappa shape index (κ2) is 10.6. The van der Waals surface area contributed by atoms with Gasteiger partial charge in [0.1, 0.15) is 5.82 Å². The summed E-state index contributed by atoms with van der Waals surface area (Å²) in [5, 5.41) is 0. The molecular formula is C26H29F5O3. The second-order valence-corrected chi connectivity index (χ2v) is 9.23. The molecule has 0 aromatic heterocycles. The molecule has 2 fully saturated rings. The molecule has 0 radical (unpaired) electrons. The van der Waals surface area contributed by atoms with Gasteiger partial charge in [0.2, 0.25) is 0 Å². The fraction of sp³-hybridized carbons (Fsp3) is 0.538. The molecule has 0 atom stereocenters. The minimum absolute atomic E-state index is 0.125. The third-order valence-electron chi connectivity index (χ3n) is 6.78. The van der Waals surface area contributed by atoms with E-state index in [0.29, 0.717) is 11.8 Å². The summed E-state index contributed by atoms with van der Waals surface area (Å²) in [5.74, 6) is -1.68. The van der Waals surface area contributed by atoms with Crippen molar-refractivity contribution in [1.82, 2.24) is 0 Å². The summed E-state index contributed by atoms with van der Waals surface area (Å²) in [6.45, 7) is 3.65. The Hall–Kier alpha value is -2.19. The van der Waals surface area contributed by atoms with Crippen LogP contribution in [0.1, 0.15) is 56.9 Å². The van der Waals surface area contributed by atoms with E-state index in [1.54, 1.807) is 6.07 Å². The van der Waals surface area contributed by atoms with E-state index >= 15 is 0 Å². The zero-order valence-corrected chi connectivity index (χ0v) is 19.0. The highest BCUT2D eigenvalue weighted by Crippen LogP contribution is 2.40. The number of hydrogen-bond donors (Lipinski definition) is 0. The first-order valence-electron chi connectivity index (χ1n) is 11.8. The Morgan fingerprint density at radius 3 is 2.21 bits per heavy atom. The molecule has 2 aliphatic rings. The summed E-state index contributed by atoms with van der Waals surface area (Å²) in [6.07, 6.45) is 0.723. The molecule has 1 aliphatic heterocycles. The Labute approximate surface area is 196 Å². The summed E-state index contributed by atoms with van der Waals surface area (Å²) in [4.78, 5) is 0. The van der Waals surface area contributed by atoms with Gasteiger partial charge in [-0.25, -0.2) is 8.78 Å². The molecule has 1 heterocycles. The van der Waals surface area contributed by atoms with Crippen molar-refractivity contribution in [2.45, 2.75) is 64.0 Å². The molecule has 1 aliphatic carbocycles. The van der Waals surface area contributed by atoms with E-state index in [4.69, 9.17) is 9.47 Å². The van der Waals surface area contributed by atoms with Crippen molar-refractivity contribution in [3.8, 4) is 16.9 Å². The lowest BCUT2D eigenvalue weighted by Gasteiger charge is -2.37. The molecule has 1 saturated heterocycles. The Kier molecular flexibility index (Phi) is 7.77. The predicted molar refractivity (Wildman–Crippen MR) is 117 cm³/mol. The number of ether oxygens (including phenoxy) is 3. The van der Waals surface area contributed by atoms with E-state index in [-0.39, 0.29) is 23.3 Å². The van der Waals surface area contributed by atoms with Gasteiger partial charge in [-0.3, -0.25) is 0 Å². The van der Waals surface area contributed by atoms with Crippen molar-refractivity contribution < 1.29 is 36.2 Å². The van der Waals surface area contributed by atoms with Crippen molar-refractivity contribution in [2.75, 3.05) is 13.2 Å². The molecule has 0 N–H and O–H groups in total. The summed E-state index contributed by atoms with van der Waals surface area (Å²) in [7, 11) is 0. The quantitative estimate of drug-likeness (QED) is 0.395. The minimum atomic E-state index is -5.00. The van der Waals surface area contributed by atoms with Gasteiger partial charge in [0.25, 0.3) is 0 Å². The largest absolute Gasteiger partial charge is 0.573 e. The highest BCUT2D eigenvalue weighted by molar-refractivity contribution is 5.65. The van der Waals surface area contributed by atoms with E-state index in [1.165, 1.54) is 12.1 Å². The standard InChI is InChI=1S/C26H29F5O3/c1-2-3-16-14-32-25(33-15-16)18-6-4-17(5-7-18)19-8-10-21(22(27)12-19)20-9-11-24(23(28)13-20)34-26(29,30)31/h8-13,16-18,25H,2-7,14-15H2,1H3. The molecule has 1 saturated carbocycles. The van der Waals surface area contributed by atoms with Crippen LogP contribution < -0.4 is 4.74 Å². The Morgan fingerprint density at radius 2 is 1.62 bits per heavy atom. The van der Waals surface area contributed by atoms with Crippen LogP contribution >= 0.6 is 0 Å². The van der Waals surface area contributed by atoms with Crippen LogP contribution in [-0.2, 0) is 9.47 Å². The molecule has 0 bridgehead atoms. The number of rotatable bonds is 6. The van der Waals surface area contributed by atoms with Gasteiger partial charge in [0, 0.05) is 17.4 Å². The van der Waals surface area contributed by atoms with Crippen LogP contribution in [0.4, 0.5) is 22.0 Å². The maximum atomic E-state index is 14.9. The normalized spacial score (nSPS) is 25.8. The van der Waals surface area contributed by atoms with Crippen molar-refractivity contribution >= 4 is 0 Å². The van der Waals surface area contributed by atoms with Gasteiger partial charge in [-0.05, 0) is 67.3 Å². The SMILES string of the molecule is CCCC1COC(C2CCC(c3ccc(-c4ccc(OC(F)(F)F)c(F)c4)c(F)c3)CC2)OC1. The van der Waals surface area contributed by atoms with Crippen LogP contribution in [0.3, 0.4) is 0 Å². The molecular weight excluding hydrogens is 455 g/mol. The summed E-state index contributed by atoms with van der Waals surface area (Å²) in [5.41, 5.74) is 1.14. The molecule has 34 heavy (non-hydrogen) atoms. The van der Waals surface area contributed by atoms with Gasteiger partial charge in [0.15, 0.2) is 17.9 Å². The van der Waals surface area contributed by atoms with Crippen LogP contribution in [0.5, 0.6) is 5.75 Å². The number of benzene rings is 2. The zero-order chi connectivity index (χ0) is 24.3. The van der Waals surface area contributed by atoms with E-state index in [9.17, 15) is 22.0 Å². The Bertz CT molecular complexity index is 961. The smallest absolute Gasteiger partial charge is 0.403 e. The van der Waals surface area contributed by atoms with E-state index in [0.717, 1.165) is 69.4 Å². The first-order valence-corrected chi connectivity index (χ1v) is 11.8. The molecule has 4 rings (SSSR count). The maximum Gasteiger partial charge on any atom is 0.573 e. The fourth-order valence-corrected chi connectivity index (χ4v) is 5.03. The lowest BCUT2D eigenvalue weighted by molar-refractivity contribution is -0.275. The molecule has 186 valence electrons. The summed E-state index contributed by atoms with van der Waals surface area (Å²) >= 11 is 0. The summed E-state index contributed by atoms with van der Waals surface area (Å²) < 4.78 is 81.5. The molecule has 2 aromatic carbocycles. The second-order valence-electron chi connectivity index (χ2n) is 9.23. The van der Waals surface area contributed by atoms with Crippen LogP contribution in [-0.4, -0.2) is 25.9 Å². The van der Waals surface area contributed by atoms with Gasteiger partial charge in [0.05, 0.1) is 13.2 Å². The molecule has 2 aromatic rings. The molecule has 0 unspecified atom stereocenters. The monoisotopic (exact) mass is 484 g/mol. The topological polar surface area (TPSA) is 27.7 Å².